The van der Waals surface area contributed by atoms with Gasteiger partial charge in [-0.25, -0.2) is 4.68 Å². The molecule has 1 unspecified atom stereocenters. The highest BCUT2D eigenvalue weighted by Crippen LogP contribution is 2.68. The highest BCUT2D eigenvalue weighted by Gasteiger charge is 2.65. The summed E-state index contributed by atoms with van der Waals surface area (Å²) >= 11 is 0. The number of carbonyl (C=O) groups is 1. The Balaban J connectivity index is 1.21. The van der Waals surface area contributed by atoms with Gasteiger partial charge in [0, 0.05) is 12.1 Å². The van der Waals surface area contributed by atoms with Gasteiger partial charge in [0.2, 0.25) is 0 Å². The van der Waals surface area contributed by atoms with Crippen molar-refractivity contribution in [2.45, 2.75) is 76.9 Å². The van der Waals surface area contributed by atoms with Crippen molar-refractivity contribution in [2.24, 2.45) is 46.8 Å². The van der Waals surface area contributed by atoms with Gasteiger partial charge in [0.05, 0.1) is 11.8 Å². The van der Waals surface area contributed by atoms with Crippen LogP contribution in [0.2, 0.25) is 0 Å². The second-order valence-electron chi connectivity index (χ2n) is 11.0. The fourth-order valence-electron chi connectivity index (χ4n) is 8.80. The largest absolute Gasteiger partial charge is 0.390 e. The van der Waals surface area contributed by atoms with E-state index in [1.807, 2.05) is 0 Å². The topological polar surface area (TPSA) is 68.0 Å². The first kappa shape index (κ1) is 17.6. The third-order valence-electron chi connectivity index (χ3n) is 10.1. The fourth-order valence-corrected chi connectivity index (χ4v) is 8.80. The molecule has 5 fully saturated rings. The Labute approximate surface area is 167 Å². The lowest BCUT2D eigenvalue weighted by atomic mass is 9.49. The van der Waals surface area contributed by atoms with Crippen LogP contribution in [0.1, 0.15) is 64.7 Å². The highest BCUT2D eigenvalue weighted by molar-refractivity contribution is 5.82. The molecular weight excluding hydrogens is 350 g/mol. The quantitative estimate of drug-likeness (QED) is 0.868. The van der Waals surface area contributed by atoms with Crippen LogP contribution >= 0.6 is 0 Å². The molecule has 0 radical (unpaired) electrons. The van der Waals surface area contributed by atoms with Crippen LogP contribution in [0.3, 0.4) is 0 Å². The third kappa shape index (κ3) is 2.37. The van der Waals surface area contributed by atoms with E-state index in [9.17, 15) is 9.90 Å². The van der Waals surface area contributed by atoms with Crippen LogP contribution in [-0.2, 0) is 11.3 Å². The number of carbonyl (C=O) groups excluding carboxylic acids is 1. The van der Waals surface area contributed by atoms with Crippen LogP contribution in [0.15, 0.2) is 12.4 Å². The molecule has 1 aromatic heterocycles. The Kier molecular flexibility index (Phi) is 3.71. The average Bonchev–Trinajstić information content (AvgIpc) is 3.00. The molecule has 5 aliphatic carbocycles. The number of ketones is 1. The molecule has 0 spiro atoms. The van der Waals surface area contributed by atoms with Gasteiger partial charge >= 0.3 is 0 Å². The van der Waals surface area contributed by atoms with Crippen molar-refractivity contribution in [3.63, 3.8) is 0 Å². The number of rotatable bonds is 3. The predicted molar refractivity (Wildman–Crippen MR) is 104 cm³/mol. The molecule has 152 valence electrons. The van der Waals surface area contributed by atoms with Gasteiger partial charge < -0.3 is 5.11 Å². The molecule has 0 bridgehead atoms. The molecule has 28 heavy (non-hydrogen) atoms. The van der Waals surface area contributed by atoms with Crippen LogP contribution in [-0.4, -0.2) is 31.5 Å². The zero-order chi connectivity index (χ0) is 19.1. The molecule has 6 rings (SSSR count). The molecule has 0 aliphatic heterocycles. The van der Waals surface area contributed by atoms with E-state index in [-0.39, 0.29) is 16.9 Å². The standard InChI is InChI=1S/C23H33N3O2/c1-22-8-6-14-15-7-9-23(28)12-20(23)17(15)3-2-16(14)18(22)4-5-19(22)21(27)13-26-11-10-24-25-26/h10-11,14-20,28H,2-9,12-13H2,1H3/t14-,15-,16-,17-,18+,19-,20?,22+,23+/m1/s1. The summed E-state index contributed by atoms with van der Waals surface area (Å²) in [5.74, 6) is 5.19. The Morgan fingerprint density at radius 2 is 1.79 bits per heavy atom. The van der Waals surface area contributed by atoms with E-state index in [0.29, 0.717) is 18.2 Å². The monoisotopic (exact) mass is 383 g/mol. The summed E-state index contributed by atoms with van der Waals surface area (Å²) in [4.78, 5) is 13.1. The summed E-state index contributed by atoms with van der Waals surface area (Å²) in [6.45, 7) is 2.81. The number of hydrogen-bond acceptors (Lipinski definition) is 4. The molecule has 9 atom stereocenters. The van der Waals surface area contributed by atoms with Gasteiger partial charge in [0.1, 0.15) is 6.54 Å². The van der Waals surface area contributed by atoms with E-state index in [1.54, 1.807) is 17.1 Å². The van der Waals surface area contributed by atoms with E-state index in [1.165, 1.54) is 38.5 Å². The predicted octanol–water partition coefficient (Wildman–Crippen LogP) is 3.48. The fraction of sp³-hybridized carbons (Fsp3) is 0.870. The molecule has 5 heteroatoms. The first-order chi connectivity index (χ1) is 13.5. The van der Waals surface area contributed by atoms with E-state index < -0.39 is 0 Å². The molecule has 0 saturated heterocycles. The van der Waals surface area contributed by atoms with Gasteiger partial charge in [-0.2, -0.15) is 0 Å². The van der Waals surface area contributed by atoms with Crippen LogP contribution in [0, 0.1) is 46.8 Å². The van der Waals surface area contributed by atoms with Crippen molar-refractivity contribution in [1.29, 1.82) is 0 Å². The molecule has 1 heterocycles. The lowest BCUT2D eigenvalue weighted by molar-refractivity contribution is -0.131. The van der Waals surface area contributed by atoms with Gasteiger partial charge in [-0.05, 0) is 98.7 Å². The van der Waals surface area contributed by atoms with E-state index in [0.717, 1.165) is 48.9 Å². The van der Waals surface area contributed by atoms with Crippen molar-refractivity contribution in [3.8, 4) is 0 Å². The first-order valence-corrected chi connectivity index (χ1v) is 11.6. The normalized spacial score (nSPS) is 51.6. The number of nitrogens with zero attached hydrogens (tertiary/aromatic N) is 3. The summed E-state index contributed by atoms with van der Waals surface area (Å²) < 4.78 is 1.69. The van der Waals surface area contributed by atoms with Gasteiger partial charge in [0.15, 0.2) is 5.78 Å². The Morgan fingerprint density at radius 3 is 2.54 bits per heavy atom. The second-order valence-corrected chi connectivity index (χ2v) is 11.0. The van der Waals surface area contributed by atoms with E-state index >= 15 is 0 Å². The SMILES string of the molecule is C[C@]12CC[C@@H]3[C@H]4CC[C@]5(O)CC5[C@@H]4CC[C@H]3[C@@H]1CC[C@@H]2C(=O)Cn1ccnn1. The highest BCUT2D eigenvalue weighted by atomic mass is 16.3. The van der Waals surface area contributed by atoms with E-state index in [2.05, 4.69) is 17.2 Å². The maximum atomic E-state index is 13.1. The first-order valence-electron chi connectivity index (χ1n) is 11.6. The average molecular weight is 384 g/mol. The summed E-state index contributed by atoms with van der Waals surface area (Å²) in [5.41, 5.74) is -0.0932. The Hall–Kier alpha value is -1.23. The molecule has 5 saturated carbocycles. The minimum atomic E-state index is -0.274. The van der Waals surface area contributed by atoms with Crippen LogP contribution in [0.4, 0.5) is 0 Å². The van der Waals surface area contributed by atoms with Gasteiger partial charge in [-0.15, -0.1) is 5.10 Å². The summed E-state index contributed by atoms with van der Waals surface area (Å²) in [6, 6.07) is 0. The van der Waals surface area contributed by atoms with Crippen LogP contribution in [0.25, 0.3) is 0 Å². The van der Waals surface area contributed by atoms with Gasteiger partial charge in [-0.3, -0.25) is 4.79 Å². The molecule has 5 nitrogen and oxygen atoms in total. The number of fused-ring (bicyclic) bond motifs is 7. The van der Waals surface area contributed by atoms with Crippen molar-refractivity contribution in [1.82, 2.24) is 15.0 Å². The molecule has 0 aromatic carbocycles. The van der Waals surface area contributed by atoms with Crippen LogP contribution < -0.4 is 0 Å². The minimum Gasteiger partial charge on any atom is -0.390 e. The lowest BCUT2D eigenvalue weighted by Crippen LogP contribution is -2.50. The number of aromatic nitrogens is 3. The molecular formula is C23H33N3O2. The molecule has 1 N–H and O–H groups in total. The molecule has 0 amide bonds. The molecule has 5 aliphatic rings. The smallest absolute Gasteiger partial charge is 0.157 e. The van der Waals surface area contributed by atoms with E-state index in [4.69, 9.17) is 0 Å². The zero-order valence-electron chi connectivity index (χ0n) is 17.0. The summed E-state index contributed by atoms with van der Waals surface area (Å²) in [5, 5.41) is 18.5. The number of hydrogen-bond donors (Lipinski definition) is 1. The Morgan fingerprint density at radius 1 is 1.04 bits per heavy atom. The number of aliphatic hydroxyl groups is 1. The Bertz CT molecular complexity index is 779. The maximum Gasteiger partial charge on any atom is 0.157 e. The summed E-state index contributed by atoms with van der Waals surface area (Å²) in [6.07, 6.45) is 14.3. The van der Waals surface area contributed by atoms with Crippen LogP contribution in [0.5, 0.6) is 0 Å². The van der Waals surface area contributed by atoms with Crippen molar-refractivity contribution >= 4 is 5.78 Å². The third-order valence-corrected chi connectivity index (χ3v) is 10.1. The molecule has 1 aromatic rings. The van der Waals surface area contributed by atoms with Gasteiger partial charge in [-0.1, -0.05) is 12.1 Å². The maximum absolute atomic E-state index is 13.1. The number of Topliss-reactive ketones (excluding diaryl/α,β-unsaturated/α-hetero) is 1. The van der Waals surface area contributed by atoms with Crippen molar-refractivity contribution in [2.75, 3.05) is 0 Å². The zero-order valence-corrected chi connectivity index (χ0v) is 17.0. The van der Waals surface area contributed by atoms with Crippen molar-refractivity contribution < 1.29 is 9.90 Å². The lowest BCUT2D eigenvalue weighted by Gasteiger charge is -2.56. The second kappa shape index (κ2) is 5.90. The van der Waals surface area contributed by atoms with Crippen molar-refractivity contribution in [3.05, 3.63) is 12.4 Å². The summed E-state index contributed by atoms with van der Waals surface area (Å²) in [7, 11) is 0. The minimum absolute atomic E-state index is 0.181. The van der Waals surface area contributed by atoms with Gasteiger partial charge in [0.25, 0.3) is 0 Å².